The minimum absolute atomic E-state index is 0.243. The van der Waals surface area contributed by atoms with Gasteiger partial charge in [-0.3, -0.25) is 20.4 Å². The van der Waals surface area contributed by atoms with Crippen LogP contribution in [0.2, 0.25) is 0 Å². The predicted octanol–water partition coefficient (Wildman–Crippen LogP) is 1.99. The van der Waals surface area contributed by atoms with Crippen molar-refractivity contribution in [3.8, 4) is 11.5 Å². The van der Waals surface area contributed by atoms with Gasteiger partial charge in [-0.05, 0) is 38.1 Å². The van der Waals surface area contributed by atoms with E-state index in [0.29, 0.717) is 28.6 Å². The number of methoxy groups -OCH3 is 2. The highest BCUT2D eigenvalue weighted by Crippen LogP contribution is 2.23. The zero-order valence-electron chi connectivity index (χ0n) is 13.4. The van der Waals surface area contributed by atoms with Gasteiger partial charge in [0.15, 0.2) is 0 Å². The molecule has 7 heteroatoms. The highest BCUT2D eigenvalue weighted by Gasteiger charge is 2.17. The van der Waals surface area contributed by atoms with Crippen LogP contribution in [0.5, 0.6) is 11.5 Å². The van der Waals surface area contributed by atoms with Crippen molar-refractivity contribution in [1.29, 1.82) is 0 Å². The van der Waals surface area contributed by atoms with Crippen molar-refractivity contribution in [3.05, 3.63) is 46.9 Å². The fraction of sp³-hybridized carbons (Fsp3) is 0.250. The molecular formula is C16H18N2O5. The van der Waals surface area contributed by atoms with E-state index in [1.54, 1.807) is 32.0 Å². The number of hydrogen-bond donors (Lipinski definition) is 2. The van der Waals surface area contributed by atoms with Gasteiger partial charge in [0, 0.05) is 0 Å². The Hall–Kier alpha value is -2.96. The van der Waals surface area contributed by atoms with Gasteiger partial charge in [0.1, 0.15) is 23.0 Å². The molecule has 0 spiro atoms. The van der Waals surface area contributed by atoms with Crippen LogP contribution in [-0.4, -0.2) is 26.0 Å². The quantitative estimate of drug-likeness (QED) is 0.842. The molecule has 2 aromatic rings. The molecular weight excluding hydrogens is 300 g/mol. The lowest BCUT2D eigenvalue weighted by molar-refractivity contribution is 0.0844. The molecule has 2 N–H and O–H groups in total. The van der Waals surface area contributed by atoms with E-state index in [9.17, 15) is 9.59 Å². The van der Waals surface area contributed by atoms with Crippen LogP contribution in [0.15, 0.2) is 28.7 Å². The number of rotatable bonds is 4. The van der Waals surface area contributed by atoms with Gasteiger partial charge in [-0.25, -0.2) is 0 Å². The summed E-state index contributed by atoms with van der Waals surface area (Å²) < 4.78 is 15.5. The summed E-state index contributed by atoms with van der Waals surface area (Å²) in [5.74, 6) is 0.986. The second kappa shape index (κ2) is 6.87. The van der Waals surface area contributed by atoms with E-state index >= 15 is 0 Å². The van der Waals surface area contributed by atoms with E-state index in [1.165, 1.54) is 20.3 Å². The Morgan fingerprint density at radius 1 is 0.957 bits per heavy atom. The van der Waals surface area contributed by atoms with E-state index in [4.69, 9.17) is 13.9 Å². The molecule has 0 atom stereocenters. The van der Waals surface area contributed by atoms with Crippen molar-refractivity contribution in [2.75, 3.05) is 14.2 Å². The summed E-state index contributed by atoms with van der Waals surface area (Å²) >= 11 is 0. The smallest absolute Gasteiger partial charge is 0.273 e. The standard InChI is InChI=1S/C16H18N2O5/c1-9-7-12(10(2)23-9)15(19)17-18-16(20)13-8-11(21-3)5-6-14(13)22-4/h5-8H,1-4H3,(H,17,19)(H,18,20). The first kappa shape index (κ1) is 16.4. The lowest BCUT2D eigenvalue weighted by Gasteiger charge is -2.11. The van der Waals surface area contributed by atoms with Gasteiger partial charge in [-0.2, -0.15) is 0 Å². The molecule has 0 aliphatic heterocycles. The van der Waals surface area contributed by atoms with Crippen LogP contribution in [0.25, 0.3) is 0 Å². The lowest BCUT2D eigenvalue weighted by Crippen LogP contribution is -2.41. The van der Waals surface area contributed by atoms with Gasteiger partial charge in [0.25, 0.3) is 11.8 Å². The third-order valence-corrected chi connectivity index (χ3v) is 3.23. The van der Waals surface area contributed by atoms with Crippen molar-refractivity contribution in [1.82, 2.24) is 10.9 Å². The maximum Gasteiger partial charge on any atom is 0.273 e. The molecule has 2 rings (SSSR count). The Morgan fingerprint density at radius 3 is 2.13 bits per heavy atom. The van der Waals surface area contributed by atoms with Crippen molar-refractivity contribution in [3.63, 3.8) is 0 Å². The Morgan fingerprint density at radius 2 is 1.61 bits per heavy atom. The number of carbonyl (C=O) groups is 2. The van der Waals surface area contributed by atoms with Crippen LogP contribution in [0.1, 0.15) is 32.2 Å². The first-order valence-electron chi connectivity index (χ1n) is 6.86. The van der Waals surface area contributed by atoms with E-state index in [1.807, 2.05) is 0 Å². The highest BCUT2D eigenvalue weighted by atomic mass is 16.5. The van der Waals surface area contributed by atoms with Crippen molar-refractivity contribution in [2.45, 2.75) is 13.8 Å². The van der Waals surface area contributed by atoms with Gasteiger partial charge in [-0.15, -0.1) is 0 Å². The molecule has 0 aliphatic rings. The highest BCUT2D eigenvalue weighted by molar-refractivity contribution is 6.01. The number of aryl methyl sites for hydroxylation is 2. The van der Waals surface area contributed by atoms with Crippen molar-refractivity contribution in [2.24, 2.45) is 0 Å². The number of amides is 2. The summed E-state index contributed by atoms with van der Waals surface area (Å²) in [6, 6.07) is 6.40. The third-order valence-electron chi connectivity index (χ3n) is 3.23. The Labute approximate surface area is 133 Å². The monoisotopic (exact) mass is 318 g/mol. The molecule has 1 aromatic carbocycles. The summed E-state index contributed by atoms with van der Waals surface area (Å²) in [5.41, 5.74) is 5.29. The second-order valence-corrected chi connectivity index (χ2v) is 4.80. The van der Waals surface area contributed by atoms with Crippen LogP contribution in [-0.2, 0) is 0 Å². The Balaban J connectivity index is 2.10. The largest absolute Gasteiger partial charge is 0.497 e. The Kier molecular flexibility index (Phi) is 4.90. The molecule has 0 saturated heterocycles. The normalized spacial score (nSPS) is 10.1. The molecule has 0 fully saturated rings. The number of hydrazine groups is 1. The summed E-state index contributed by atoms with van der Waals surface area (Å²) in [7, 11) is 2.95. The number of ether oxygens (including phenoxy) is 2. The number of furan rings is 1. The maximum absolute atomic E-state index is 12.2. The molecule has 122 valence electrons. The van der Waals surface area contributed by atoms with Crippen molar-refractivity contribution >= 4 is 11.8 Å². The number of nitrogens with one attached hydrogen (secondary N) is 2. The van der Waals surface area contributed by atoms with Crippen LogP contribution in [0, 0.1) is 13.8 Å². The molecule has 23 heavy (non-hydrogen) atoms. The first-order chi connectivity index (χ1) is 11.0. The lowest BCUT2D eigenvalue weighted by atomic mass is 10.2. The van der Waals surface area contributed by atoms with E-state index < -0.39 is 11.8 Å². The zero-order chi connectivity index (χ0) is 17.0. The van der Waals surface area contributed by atoms with Gasteiger partial charge in [-0.1, -0.05) is 0 Å². The molecule has 0 unspecified atom stereocenters. The minimum Gasteiger partial charge on any atom is -0.497 e. The number of carbonyl (C=O) groups excluding carboxylic acids is 2. The molecule has 2 amide bonds. The van der Waals surface area contributed by atoms with Crippen molar-refractivity contribution < 1.29 is 23.5 Å². The Bertz CT molecular complexity index is 736. The van der Waals surface area contributed by atoms with Gasteiger partial charge in [0.2, 0.25) is 0 Å². The number of hydrogen-bond acceptors (Lipinski definition) is 5. The van der Waals surface area contributed by atoms with Gasteiger partial charge < -0.3 is 13.9 Å². The predicted molar refractivity (Wildman–Crippen MR) is 82.7 cm³/mol. The maximum atomic E-state index is 12.2. The second-order valence-electron chi connectivity index (χ2n) is 4.80. The van der Waals surface area contributed by atoms with Crippen LogP contribution >= 0.6 is 0 Å². The summed E-state index contributed by atoms with van der Waals surface area (Å²) in [6.45, 7) is 3.41. The van der Waals surface area contributed by atoms with Gasteiger partial charge >= 0.3 is 0 Å². The fourth-order valence-electron chi connectivity index (χ4n) is 2.10. The number of benzene rings is 1. The topological polar surface area (TPSA) is 89.8 Å². The van der Waals surface area contributed by atoms with E-state index in [-0.39, 0.29) is 5.56 Å². The fourth-order valence-corrected chi connectivity index (χ4v) is 2.10. The first-order valence-corrected chi connectivity index (χ1v) is 6.86. The molecule has 0 radical (unpaired) electrons. The van der Waals surface area contributed by atoms with Crippen LogP contribution in [0.3, 0.4) is 0 Å². The van der Waals surface area contributed by atoms with Crippen LogP contribution in [0.4, 0.5) is 0 Å². The average molecular weight is 318 g/mol. The zero-order valence-corrected chi connectivity index (χ0v) is 13.4. The SMILES string of the molecule is COc1ccc(OC)c(C(=O)NNC(=O)c2cc(C)oc2C)c1. The van der Waals surface area contributed by atoms with E-state index in [0.717, 1.165) is 0 Å². The molecule has 0 bridgehead atoms. The van der Waals surface area contributed by atoms with Crippen LogP contribution < -0.4 is 20.3 Å². The molecule has 1 heterocycles. The molecule has 0 aliphatic carbocycles. The summed E-state index contributed by atoms with van der Waals surface area (Å²) in [5, 5.41) is 0. The molecule has 7 nitrogen and oxygen atoms in total. The summed E-state index contributed by atoms with van der Waals surface area (Å²) in [6.07, 6.45) is 0. The van der Waals surface area contributed by atoms with Gasteiger partial charge in [0.05, 0.1) is 25.3 Å². The third kappa shape index (κ3) is 3.63. The van der Waals surface area contributed by atoms with E-state index in [2.05, 4.69) is 10.9 Å². The summed E-state index contributed by atoms with van der Waals surface area (Å²) in [4.78, 5) is 24.3. The molecule has 0 saturated carbocycles. The minimum atomic E-state index is -0.521. The average Bonchev–Trinajstić information content (AvgIpc) is 2.90. The molecule has 1 aromatic heterocycles.